The molecule has 0 saturated carbocycles. The van der Waals surface area contributed by atoms with Gasteiger partial charge in [-0.1, -0.05) is 12.1 Å². The number of amides is 2. The second kappa shape index (κ2) is 10.3. The van der Waals surface area contributed by atoms with Crippen molar-refractivity contribution in [3.05, 3.63) is 92.4 Å². The Labute approximate surface area is 204 Å². The number of pyridine rings is 1. The molecule has 1 unspecified atom stereocenters. The van der Waals surface area contributed by atoms with E-state index in [1.165, 1.54) is 36.7 Å². The lowest BCUT2D eigenvalue weighted by Gasteiger charge is -2.38. The molecule has 36 heavy (non-hydrogen) atoms. The lowest BCUT2D eigenvalue weighted by atomic mass is 10.0. The first-order valence-electron chi connectivity index (χ1n) is 11.3. The molecule has 3 aromatic rings. The first-order chi connectivity index (χ1) is 17.2. The molecule has 1 saturated heterocycles. The van der Waals surface area contributed by atoms with Crippen LogP contribution in [0.25, 0.3) is 0 Å². The summed E-state index contributed by atoms with van der Waals surface area (Å²) < 4.78 is 42.3. The maximum Gasteiger partial charge on any atom is 0.267 e. The molecular weight excluding hydrogens is 475 g/mol. The van der Waals surface area contributed by atoms with Crippen LogP contribution in [0.1, 0.15) is 44.3 Å². The second-order valence-corrected chi connectivity index (χ2v) is 8.62. The zero-order valence-electron chi connectivity index (χ0n) is 19.7. The van der Waals surface area contributed by atoms with Crippen LogP contribution in [0.5, 0.6) is 0 Å². The number of carbonyl (C=O) groups is 2. The number of hydrogen-bond donors (Lipinski definition) is 1. The van der Waals surface area contributed by atoms with Crippen molar-refractivity contribution < 1.29 is 22.8 Å². The average Bonchev–Trinajstić information content (AvgIpc) is 2.86. The monoisotopic (exact) mass is 499 g/mol. The van der Waals surface area contributed by atoms with E-state index in [1.807, 2.05) is 0 Å². The van der Waals surface area contributed by atoms with Gasteiger partial charge in [0.2, 0.25) is 5.91 Å². The molecule has 0 aliphatic carbocycles. The minimum absolute atomic E-state index is 0.0303. The summed E-state index contributed by atoms with van der Waals surface area (Å²) in [4.78, 5) is 43.7. The van der Waals surface area contributed by atoms with E-state index in [1.54, 1.807) is 13.8 Å². The van der Waals surface area contributed by atoms with Crippen molar-refractivity contribution in [2.75, 3.05) is 19.6 Å². The predicted molar refractivity (Wildman–Crippen MR) is 124 cm³/mol. The molecule has 0 bridgehead atoms. The molecule has 8 nitrogen and oxygen atoms in total. The van der Waals surface area contributed by atoms with Gasteiger partial charge < -0.3 is 9.80 Å². The first-order valence-corrected chi connectivity index (χ1v) is 11.3. The predicted octanol–water partition coefficient (Wildman–Crippen LogP) is 2.80. The molecule has 1 aliphatic rings. The molecule has 2 amide bonds. The van der Waals surface area contributed by atoms with Gasteiger partial charge in [0.25, 0.3) is 17.9 Å². The van der Waals surface area contributed by atoms with Crippen LogP contribution in [0, 0.1) is 19.7 Å². The number of hydrogen-bond acceptors (Lipinski definition) is 5. The van der Waals surface area contributed by atoms with E-state index >= 15 is 0 Å². The van der Waals surface area contributed by atoms with Crippen LogP contribution in [-0.2, 0) is 11.2 Å². The van der Waals surface area contributed by atoms with E-state index < -0.39 is 36.6 Å². The number of aromatic nitrogens is 3. The van der Waals surface area contributed by atoms with Crippen molar-refractivity contribution in [2.24, 2.45) is 0 Å². The standard InChI is InChI=1S/C25H24F3N5O3/c1-14-15(2)24(35)31-30-20(14)11-16-5-6-19(26)18(10-16)25(36)32-8-9-33(21(34)13-32)22(23(27)28)17-4-3-7-29-12-17/h3-7,10,12,22-23H,8-9,11,13H2,1-2H3,(H,31,35). The Morgan fingerprint density at radius 2 is 1.92 bits per heavy atom. The van der Waals surface area contributed by atoms with Gasteiger partial charge in [-0.25, -0.2) is 18.3 Å². The Bertz CT molecular complexity index is 1350. The van der Waals surface area contributed by atoms with E-state index in [2.05, 4.69) is 15.2 Å². The van der Waals surface area contributed by atoms with Crippen LogP contribution in [0.3, 0.4) is 0 Å². The maximum atomic E-state index is 14.6. The molecule has 1 N–H and O–H groups in total. The van der Waals surface area contributed by atoms with Crippen LogP contribution < -0.4 is 5.56 Å². The largest absolute Gasteiger partial charge is 0.327 e. The van der Waals surface area contributed by atoms with E-state index in [9.17, 15) is 27.6 Å². The third-order valence-electron chi connectivity index (χ3n) is 6.41. The van der Waals surface area contributed by atoms with Crippen molar-refractivity contribution in [2.45, 2.75) is 32.7 Å². The lowest BCUT2D eigenvalue weighted by Crippen LogP contribution is -2.54. The summed E-state index contributed by atoms with van der Waals surface area (Å²) in [7, 11) is 0. The number of alkyl halides is 2. The zero-order valence-corrected chi connectivity index (χ0v) is 19.7. The number of piperazine rings is 1. The molecule has 1 atom stereocenters. The number of rotatable bonds is 6. The van der Waals surface area contributed by atoms with Gasteiger partial charge in [0.15, 0.2) is 0 Å². The van der Waals surface area contributed by atoms with Crippen molar-refractivity contribution in [3.63, 3.8) is 0 Å². The van der Waals surface area contributed by atoms with E-state index in [-0.39, 0.29) is 36.2 Å². The molecule has 1 aromatic carbocycles. The Kier molecular flexibility index (Phi) is 7.18. The molecular formula is C25H24F3N5O3. The molecule has 0 radical (unpaired) electrons. The topological polar surface area (TPSA) is 99.3 Å². The zero-order chi connectivity index (χ0) is 26.0. The maximum absolute atomic E-state index is 14.6. The Morgan fingerprint density at radius 1 is 1.14 bits per heavy atom. The highest BCUT2D eigenvalue weighted by Gasteiger charge is 2.37. The minimum Gasteiger partial charge on any atom is -0.327 e. The quantitative estimate of drug-likeness (QED) is 0.563. The molecule has 1 aliphatic heterocycles. The molecule has 11 heteroatoms. The molecule has 0 spiro atoms. The molecule has 188 valence electrons. The van der Waals surface area contributed by atoms with Crippen LogP contribution in [0.4, 0.5) is 13.2 Å². The SMILES string of the molecule is Cc1c(Cc2ccc(F)c(C(=O)N3CCN(C(c4cccnc4)C(F)F)C(=O)C3)c2)n[nH]c(=O)c1C. The highest BCUT2D eigenvalue weighted by molar-refractivity contribution is 5.97. The summed E-state index contributed by atoms with van der Waals surface area (Å²) in [6.45, 7) is 2.81. The summed E-state index contributed by atoms with van der Waals surface area (Å²) >= 11 is 0. The van der Waals surface area contributed by atoms with Gasteiger partial charge in [0.05, 0.1) is 11.3 Å². The fourth-order valence-corrected chi connectivity index (χ4v) is 4.22. The number of benzene rings is 1. The van der Waals surface area contributed by atoms with Crippen LogP contribution in [0.15, 0.2) is 47.5 Å². The van der Waals surface area contributed by atoms with Gasteiger partial charge in [-0.2, -0.15) is 5.10 Å². The molecule has 2 aromatic heterocycles. The summed E-state index contributed by atoms with van der Waals surface area (Å²) in [6.07, 6.45) is 0.132. The number of carbonyl (C=O) groups excluding carboxylic acids is 2. The van der Waals surface area contributed by atoms with Crippen molar-refractivity contribution in [3.8, 4) is 0 Å². The van der Waals surface area contributed by atoms with Crippen molar-refractivity contribution >= 4 is 11.8 Å². The average molecular weight is 499 g/mol. The van der Waals surface area contributed by atoms with E-state index in [0.29, 0.717) is 22.4 Å². The first kappa shape index (κ1) is 25.1. The van der Waals surface area contributed by atoms with E-state index in [0.717, 1.165) is 15.9 Å². The number of H-pyrrole nitrogens is 1. The summed E-state index contributed by atoms with van der Waals surface area (Å²) in [5.74, 6) is -2.13. The smallest absolute Gasteiger partial charge is 0.267 e. The highest BCUT2D eigenvalue weighted by atomic mass is 19.3. The van der Waals surface area contributed by atoms with Gasteiger partial charge in [0, 0.05) is 37.5 Å². The summed E-state index contributed by atoms with van der Waals surface area (Å²) in [5, 5.41) is 6.47. The minimum atomic E-state index is -2.84. The molecule has 1 fully saturated rings. The normalized spacial score (nSPS) is 14.9. The Balaban J connectivity index is 1.52. The van der Waals surface area contributed by atoms with Crippen LogP contribution in [-0.4, -0.2) is 62.9 Å². The fourth-order valence-electron chi connectivity index (χ4n) is 4.22. The van der Waals surface area contributed by atoms with Crippen molar-refractivity contribution in [1.29, 1.82) is 0 Å². The van der Waals surface area contributed by atoms with Gasteiger partial charge >= 0.3 is 0 Å². The van der Waals surface area contributed by atoms with Gasteiger partial charge in [0.1, 0.15) is 18.4 Å². The van der Waals surface area contributed by atoms with Crippen molar-refractivity contribution in [1.82, 2.24) is 25.0 Å². The highest BCUT2D eigenvalue weighted by Crippen LogP contribution is 2.29. The lowest BCUT2D eigenvalue weighted by molar-refractivity contribution is -0.142. The van der Waals surface area contributed by atoms with Crippen LogP contribution in [0.2, 0.25) is 0 Å². The van der Waals surface area contributed by atoms with Crippen LogP contribution >= 0.6 is 0 Å². The van der Waals surface area contributed by atoms with Gasteiger partial charge in [-0.05, 0) is 48.7 Å². The number of nitrogens with zero attached hydrogens (tertiary/aromatic N) is 4. The van der Waals surface area contributed by atoms with Gasteiger partial charge in [-0.15, -0.1) is 0 Å². The molecule has 4 rings (SSSR count). The fraction of sp³-hybridized carbons (Fsp3) is 0.320. The number of halogens is 3. The summed E-state index contributed by atoms with van der Waals surface area (Å²) in [5.41, 5.74) is 2.04. The third-order valence-corrected chi connectivity index (χ3v) is 6.41. The van der Waals surface area contributed by atoms with Gasteiger partial charge in [-0.3, -0.25) is 19.4 Å². The molecule has 3 heterocycles. The number of aromatic amines is 1. The Morgan fingerprint density at radius 3 is 2.58 bits per heavy atom. The number of nitrogens with one attached hydrogen (secondary N) is 1. The summed E-state index contributed by atoms with van der Waals surface area (Å²) in [6, 6.07) is 5.54. The third kappa shape index (κ3) is 5.00. The van der Waals surface area contributed by atoms with E-state index in [4.69, 9.17) is 0 Å². The Hall–Kier alpha value is -4.02. The second-order valence-electron chi connectivity index (χ2n) is 8.62.